The molecule has 22 heavy (non-hydrogen) atoms. The van der Waals surface area contributed by atoms with E-state index in [9.17, 15) is 4.79 Å². The van der Waals surface area contributed by atoms with E-state index in [2.05, 4.69) is 34.9 Å². The van der Waals surface area contributed by atoms with Gasteiger partial charge in [-0.05, 0) is 43.9 Å². The summed E-state index contributed by atoms with van der Waals surface area (Å²) in [5.41, 5.74) is 2.77. The molecule has 2 unspecified atom stereocenters. The molecule has 122 valence electrons. The summed E-state index contributed by atoms with van der Waals surface area (Å²) in [4.78, 5) is 11.8. The highest BCUT2D eigenvalue weighted by atomic mass is 16.5. The van der Waals surface area contributed by atoms with Crippen molar-refractivity contribution >= 4 is 5.91 Å². The van der Waals surface area contributed by atoms with Gasteiger partial charge in [-0.15, -0.1) is 0 Å². The molecular weight excluding hydrogens is 276 g/mol. The van der Waals surface area contributed by atoms with Crippen LogP contribution in [0.25, 0.3) is 0 Å². The van der Waals surface area contributed by atoms with Crippen molar-refractivity contribution in [3.05, 3.63) is 35.4 Å². The van der Waals surface area contributed by atoms with Crippen LogP contribution in [0.5, 0.6) is 0 Å². The number of benzene rings is 1. The van der Waals surface area contributed by atoms with Gasteiger partial charge in [0.2, 0.25) is 5.91 Å². The standard InChI is InChI=1S/C18H28N2O2/c1-14(13-19-2)18(21)20-11-6-12-22-17-10-5-8-15-7-3-4-9-16(15)17/h3-4,7,9,14,17,19H,5-6,8,10-13H2,1-2H3,(H,20,21). The summed E-state index contributed by atoms with van der Waals surface area (Å²) in [5.74, 6) is 0.119. The molecule has 0 saturated heterocycles. The molecule has 2 atom stereocenters. The zero-order valence-corrected chi connectivity index (χ0v) is 13.7. The first-order valence-electron chi connectivity index (χ1n) is 8.34. The van der Waals surface area contributed by atoms with Gasteiger partial charge in [0.25, 0.3) is 0 Å². The van der Waals surface area contributed by atoms with Gasteiger partial charge in [0.05, 0.1) is 6.10 Å². The molecule has 2 rings (SSSR count). The van der Waals surface area contributed by atoms with Gasteiger partial charge in [-0.3, -0.25) is 4.79 Å². The molecule has 0 heterocycles. The van der Waals surface area contributed by atoms with Gasteiger partial charge in [0.1, 0.15) is 0 Å². The first kappa shape index (κ1) is 17.0. The van der Waals surface area contributed by atoms with Gasteiger partial charge in [-0.25, -0.2) is 0 Å². The lowest BCUT2D eigenvalue weighted by Crippen LogP contribution is -2.35. The number of aryl methyl sites for hydroxylation is 1. The van der Waals surface area contributed by atoms with Crippen LogP contribution in [0.2, 0.25) is 0 Å². The number of carbonyl (C=O) groups is 1. The minimum Gasteiger partial charge on any atom is -0.373 e. The lowest BCUT2D eigenvalue weighted by molar-refractivity contribution is -0.124. The zero-order chi connectivity index (χ0) is 15.8. The summed E-state index contributed by atoms with van der Waals surface area (Å²) < 4.78 is 6.04. The van der Waals surface area contributed by atoms with Gasteiger partial charge >= 0.3 is 0 Å². The predicted octanol–water partition coefficient (Wildman–Crippen LogP) is 2.44. The maximum Gasteiger partial charge on any atom is 0.224 e. The van der Waals surface area contributed by atoms with Crippen LogP contribution in [0.15, 0.2) is 24.3 Å². The van der Waals surface area contributed by atoms with E-state index in [0.717, 1.165) is 19.3 Å². The molecule has 1 amide bonds. The van der Waals surface area contributed by atoms with Crippen molar-refractivity contribution in [3.8, 4) is 0 Å². The average molecular weight is 304 g/mol. The Hall–Kier alpha value is -1.39. The Kier molecular flexibility index (Phi) is 6.87. The summed E-state index contributed by atoms with van der Waals surface area (Å²) in [7, 11) is 1.86. The quantitative estimate of drug-likeness (QED) is 0.725. The Morgan fingerprint density at radius 1 is 1.41 bits per heavy atom. The van der Waals surface area contributed by atoms with Crippen LogP contribution in [0.4, 0.5) is 0 Å². The van der Waals surface area contributed by atoms with Crippen LogP contribution in [0.3, 0.4) is 0 Å². The number of ether oxygens (including phenoxy) is 1. The van der Waals surface area contributed by atoms with Gasteiger partial charge in [-0.1, -0.05) is 31.2 Å². The van der Waals surface area contributed by atoms with E-state index in [1.165, 1.54) is 17.5 Å². The van der Waals surface area contributed by atoms with Crippen LogP contribution in [-0.4, -0.2) is 32.7 Å². The van der Waals surface area contributed by atoms with Crippen molar-refractivity contribution in [3.63, 3.8) is 0 Å². The highest BCUT2D eigenvalue weighted by molar-refractivity contribution is 5.78. The molecule has 1 aliphatic carbocycles. The number of fused-ring (bicyclic) bond motifs is 1. The molecule has 1 aromatic carbocycles. The van der Waals surface area contributed by atoms with Crippen LogP contribution >= 0.6 is 0 Å². The van der Waals surface area contributed by atoms with Gasteiger partial charge < -0.3 is 15.4 Å². The van der Waals surface area contributed by atoms with Gasteiger partial charge in [0, 0.05) is 25.6 Å². The van der Waals surface area contributed by atoms with Crippen LogP contribution < -0.4 is 10.6 Å². The van der Waals surface area contributed by atoms with E-state index in [1.807, 2.05) is 14.0 Å². The molecule has 0 fully saturated rings. The second-order valence-electron chi connectivity index (χ2n) is 6.05. The van der Waals surface area contributed by atoms with Crippen molar-refractivity contribution in [2.75, 3.05) is 26.7 Å². The highest BCUT2D eigenvalue weighted by Crippen LogP contribution is 2.32. The average Bonchev–Trinajstić information content (AvgIpc) is 2.54. The van der Waals surface area contributed by atoms with E-state index in [0.29, 0.717) is 19.7 Å². The Morgan fingerprint density at radius 3 is 3.05 bits per heavy atom. The van der Waals surface area contributed by atoms with Gasteiger partial charge in [0.15, 0.2) is 0 Å². The summed E-state index contributed by atoms with van der Waals surface area (Å²) in [6, 6.07) is 8.57. The Labute approximate surface area is 133 Å². The summed E-state index contributed by atoms with van der Waals surface area (Å²) in [5, 5.41) is 5.98. The molecule has 4 nitrogen and oxygen atoms in total. The van der Waals surface area contributed by atoms with E-state index < -0.39 is 0 Å². The van der Waals surface area contributed by atoms with E-state index in [1.54, 1.807) is 0 Å². The monoisotopic (exact) mass is 304 g/mol. The molecule has 0 radical (unpaired) electrons. The lowest BCUT2D eigenvalue weighted by atomic mass is 9.89. The second kappa shape index (κ2) is 8.91. The minimum atomic E-state index is 0.0103. The van der Waals surface area contributed by atoms with Crippen molar-refractivity contribution < 1.29 is 9.53 Å². The third-order valence-corrected chi connectivity index (χ3v) is 4.21. The summed E-state index contributed by atoms with van der Waals surface area (Å²) in [6.45, 7) is 4.02. The largest absolute Gasteiger partial charge is 0.373 e. The fourth-order valence-corrected chi connectivity index (χ4v) is 2.96. The number of amides is 1. The van der Waals surface area contributed by atoms with E-state index in [-0.39, 0.29) is 17.9 Å². The third kappa shape index (κ3) is 4.82. The molecular formula is C18H28N2O2. The Morgan fingerprint density at radius 2 is 2.23 bits per heavy atom. The molecule has 0 aliphatic heterocycles. The zero-order valence-electron chi connectivity index (χ0n) is 13.7. The van der Waals surface area contributed by atoms with Gasteiger partial charge in [-0.2, -0.15) is 0 Å². The van der Waals surface area contributed by atoms with E-state index >= 15 is 0 Å². The first-order valence-corrected chi connectivity index (χ1v) is 8.34. The van der Waals surface area contributed by atoms with Crippen LogP contribution in [-0.2, 0) is 16.0 Å². The minimum absolute atomic E-state index is 0.0103. The number of hydrogen-bond donors (Lipinski definition) is 2. The Bertz CT molecular complexity index is 476. The van der Waals surface area contributed by atoms with Crippen molar-refractivity contribution in [2.45, 2.75) is 38.7 Å². The summed E-state index contributed by atoms with van der Waals surface area (Å²) in [6.07, 6.45) is 4.54. The maximum absolute atomic E-state index is 11.8. The summed E-state index contributed by atoms with van der Waals surface area (Å²) >= 11 is 0. The SMILES string of the molecule is CNCC(C)C(=O)NCCCOC1CCCc2ccccc21. The van der Waals surface area contributed by atoms with Crippen molar-refractivity contribution in [2.24, 2.45) is 5.92 Å². The smallest absolute Gasteiger partial charge is 0.224 e. The highest BCUT2D eigenvalue weighted by Gasteiger charge is 2.19. The maximum atomic E-state index is 11.8. The molecule has 0 aromatic heterocycles. The third-order valence-electron chi connectivity index (χ3n) is 4.21. The van der Waals surface area contributed by atoms with Crippen molar-refractivity contribution in [1.82, 2.24) is 10.6 Å². The molecule has 0 saturated carbocycles. The number of carbonyl (C=O) groups excluding carboxylic acids is 1. The predicted molar refractivity (Wildman–Crippen MR) is 88.8 cm³/mol. The molecule has 0 spiro atoms. The van der Waals surface area contributed by atoms with Crippen molar-refractivity contribution in [1.29, 1.82) is 0 Å². The molecule has 1 aliphatic rings. The van der Waals surface area contributed by atoms with E-state index in [4.69, 9.17) is 4.74 Å². The first-order chi connectivity index (χ1) is 10.7. The number of hydrogen-bond acceptors (Lipinski definition) is 3. The molecule has 4 heteroatoms. The normalized spacial score (nSPS) is 18.5. The van der Waals surface area contributed by atoms with Crippen LogP contribution in [0, 0.1) is 5.92 Å². The topological polar surface area (TPSA) is 50.4 Å². The lowest BCUT2D eigenvalue weighted by Gasteiger charge is -2.25. The molecule has 1 aromatic rings. The fraction of sp³-hybridized carbons (Fsp3) is 0.611. The fourth-order valence-electron chi connectivity index (χ4n) is 2.96. The number of nitrogens with one attached hydrogen (secondary N) is 2. The second-order valence-corrected chi connectivity index (χ2v) is 6.05. The molecule has 0 bridgehead atoms. The Balaban J connectivity index is 1.67. The number of rotatable bonds is 8. The van der Waals surface area contributed by atoms with Crippen LogP contribution in [0.1, 0.15) is 43.4 Å². The molecule has 2 N–H and O–H groups in total.